The maximum absolute atomic E-state index is 13.0. The molecule has 0 radical (unpaired) electrons. The predicted octanol–water partition coefficient (Wildman–Crippen LogP) is 5.79. The van der Waals surface area contributed by atoms with Gasteiger partial charge in [-0.15, -0.1) is 16.8 Å². The molecule has 0 spiro atoms. The van der Waals surface area contributed by atoms with Crippen molar-refractivity contribution in [3.63, 3.8) is 0 Å². The third-order valence-corrected chi connectivity index (χ3v) is 5.83. The number of hydrogen-bond donors (Lipinski definition) is 0. The number of ketones is 1. The van der Waals surface area contributed by atoms with E-state index in [-0.39, 0.29) is 16.4 Å². The number of nitrogens with zero attached hydrogens (tertiary/aromatic N) is 3. The molecule has 1 atom stereocenters. The van der Waals surface area contributed by atoms with E-state index in [0.29, 0.717) is 6.54 Å². The second-order valence-corrected chi connectivity index (χ2v) is 9.33. The van der Waals surface area contributed by atoms with Gasteiger partial charge in [0.2, 0.25) is 0 Å². The highest BCUT2D eigenvalue weighted by Crippen LogP contribution is 2.29. The molecule has 0 fully saturated rings. The van der Waals surface area contributed by atoms with Crippen LogP contribution in [0.2, 0.25) is 0 Å². The maximum Gasteiger partial charge on any atom is 0.192 e. The molecular formula is C24H27N3OS. The van der Waals surface area contributed by atoms with E-state index < -0.39 is 0 Å². The van der Waals surface area contributed by atoms with Crippen molar-refractivity contribution in [2.45, 2.75) is 50.1 Å². The summed E-state index contributed by atoms with van der Waals surface area (Å²) in [7, 11) is 0. The van der Waals surface area contributed by atoms with Gasteiger partial charge in [0.15, 0.2) is 16.8 Å². The van der Waals surface area contributed by atoms with Crippen molar-refractivity contribution in [2.24, 2.45) is 0 Å². The van der Waals surface area contributed by atoms with Gasteiger partial charge in [0.05, 0.1) is 5.25 Å². The lowest BCUT2D eigenvalue weighted by Crippen LogP contribution is -2.16. The van der Waals surface area contributed by atoms with E-state index in [4.69, 9.17) is 0 Å². The quantitative estimate of drug-likeness (QED) is 0.283. The molecule has 0 unspecified atom stereocenters. The van der Waals surface area contributed by atoms with Gasteiger partial charge in [0.1, 0.15) is 0 Å². The van der Waals surface area contributed by atoms with E-state index in [1.54, 1.807) is 0 Å². The van der Waals surface area contributed by atoms with Crippen molar-refractivity contribution >= 4 is 17.5 Å². The van der Waals surface area contributed by atoms with Crippen LogP contribution in [0.25, 0.3) is 11.4 Å². The van der Waals surface area contributed by atoms with Crippen LogP contribution in [-0.2, 0) is 12.0 Å². The number of carbonyl (C=O) groups excluding carboxylic acids is 1. The Bertz CT molecular complexity index is 985. The fourth-order valence-electron chi connectivity index (χ4n) is 3.05. The van der Waals surface area contributed by atoms with Gasteiger partial charge in [-0.1, -0.05) is 93.2 Å². The van der Waals surface area contributed by atoms with Crippen LogP contribution in [0, 0.1) is 0 Å². The van der Waals surface area contributed by atoms with E-state index in [0.717, 1.165) is 22.1 Å². The maximum atomic E-state index is 13.0. The largest absolute Gasteiger partial charge is 0.298 e. The highest BCUT2D eigenvalue weighted by molar-refractivity contribution is 8.00. The predicted molar refractivity (Wildman–Crippen MR) is 120 cm³/mol. The van der Waals surface area contributed by atoms with Crippen LogP contribution in [0.4, 0.5) is 0 Å². The molecule has 4 nitrogen and oxygen atoms in total. The van der Waals surface area contributed by atoms with Gasteiger partial charge in [-0.25, -0.2) is 0 Å². The molecular weight excluding hydrogens is 378 g/mol. The number of Topliss-reactive ketones (excluding diaryl/α,β-unsaturated/α-hetero) is 1. The molecule has 0 aliphatic heterocycles. The summed E-state index contributed by atoms with van der Waals surface area (Å²) < 4.78 is 2.00. The standard InChI is InChI=1S/C24H27N3OS/c1-6-16-27-22(19-10-8-7-9-11-19)25-26-23(27)29-17(2)21(28)18-12-14-20(15-13-18)24(3,4)5/h6-15,17H,1,16H2,2-5H3/t17-/m0/s1. The van der Waals surface area contributed by atoms with Gasteiger partial charge in [-0.3, -0.25) is 9.36 Å². The fraction of sp³-hybridized carbons (Fsp3) is 0.292. The lowest BCUT2D eigenvalue weighted by atomic mass is 9.86. The van der Waals surface area contributed by atoms with Gasteiger partial charge in [-0.05, 0) is 17.9 Å². The molecule has 0 aliphatic carbocycles. The Morgan fingerprint density at radius 2 is 1.76 bits per heavy atom. The highest BCUT2D eigenvalue weighted by Gasteiger charge is 2.22. The summed E-state index contributed by atoms with van der Waals surface area (Å²) in [6, 6.07) is 17.8. The highest BCUT2D eigenvalue weighted by atomic mass is 32.2. The summed E-state index contributed by atoms with van der Waals surface area (Å²) >= 11 is 1.43. The molecule has 0 aliphatic rings. The molecule has 3 rings (SSSR count). The Balaban J connectivity index is 1.81. The summed E-state index contributed by atoms with van der Waals surface area (Å²) in [4.78, 5) is 13.0. The Kier molecular flexibility index (Phi) is 6.38. The van der Waals surface area contributed by atoms with Crippen LogP contribution in [-0.4, -0.2) is 25.8 Å². The summed E-state index contributed by atoms with van der Waals surface area (Å²) in [5.41, 5.74) is 2.99. The van der Waals surface area contributed by atoms with Crippen LogP contribution < -0.4 is 0 Å². The second kappa shape index (κ2) is 8.78. The van der Waals surface area contributed by atoms with Crippen molar-refractivity contribution in [2.75, 3.05) is 0 Å². The summed E-state index contributed by atoms with van der Waals surface area (Å²) in [5, 5.41) is 9.16. The third-order valence-electron chi connectivity index (χ3n) is 4.75. The Labute approximate surface area is 177 Å². The van der Waals surface area contributed by atoms with Crippen LogP contribution in [0.5, 0.6) is 0 Å². The van der Waals surface area contributed by atoms with Crippen molar-refractivity contribution in [3.8, 4) is 11.4 Å². The number of benzene rings is 2. The Morgan fingerprint density at radius 3 is 2.34 bits per heavy atom. The molecule has 29 heavy (non-hydrogen) atoms. The number of rotatable bonds is 7. The Hall–Kier alpha value is -2.66. The molecule has 5 heteroatoms. The smallest absolute Gasteiger partial charge is 0.192 e. The topological polar surface area (TPSA) is 47.8 Å². The Morgan fingerprint density at radius 1 is 1.10 bits per heavy atom. The lowest BCUT2D eigenvalue weighted by Gasteiger charge is -2.19. The number of hydrogen-bond acceptors (Lipinski definition) is 4. The zero-order valence-electron chi connectivity index (χ0n) is 17.4. The molecule has 0 bridgehead atoms. The minimum Gasteiger partial charge on any atom is -0.298 e. The van der Waals surface area contributed by atoms with Crippen molar-refractivity contribution in [3.05, 3.63) is 78.4 Å². The molecule has 1 aromatic heterocycles. The second-order valence-electron chi connectivity index (χ2n) is 8.02. The first-order valence-corrected chi connectivity index (χ1v) is 10.6. The van der Waals surface area contributed by atoms with Crippen LogP contribution in [0.1, 0.15) is 43.6 Å². The first kappa shape index (κ1) is 21.1. The molecule has 2 aromatic carbocycles. The van der Waals surface area contributed by atoms with E-state index in [1.807, 2.05) is 72.2 Å². The molecule has 0 amide bonds. The summed E-state index contributed by atoms with van der Waals surface area (Å²) in [6.07, 6.45) is 1.82. The SMILES string of the molecule is C=CCn1c(S[C@@H](C)C(=O)c2ccc(C(C)(C)C)cc2)nnc1-c1ccccc1. The van der Waals surface area contributed by atoms with Gasteiger partial charge in [-0.2, -0.15) is 0 Å². The third kappa shape index (κ3) is 4.85. The lowest BCUT2D eigenvalue weighted by molar-refractivity contribution is 0.0994. The fourth-order valence-corrected chi connectivity index (χ4v) is 3.99. The van der Waals surface area contributed by atoms with Crippen LogP contribution in [0.15, 0.2) is 72.4 Å². The summed E-state index contributed by atoms with van der Waals surface area (Å²) in [6.45, 7) is 12.8. The molecule has 0 saturated carbocycles. The van der Waals surface area contributed by atoms with Crippen molar-refractivity contribution in [1.82, 2.24) is 14.8 Å². The minimum atomic E-state index is -0.271. The van der Waals surface area contributed by atoms with E-state index in [9.17, 15) is 4.79 Å². The molecule has 150 valence electrons. The minimum absolute atomic E-state index is 0.0664. The number of carbonyl (C=O) groups is 1. The van der Waals surface area contributed by atoms with Gasteiger partial charge < -0.3 is 0 Å². The number of allylic oxidation sites excluding steroid dienone is 1. The molecule has 0 saturated heterocycles. The average molecular weight is 406 g/mol. The van der Waals surface area contributed by atoms with Crippen LogP contribution >= 0.6 is 11.8 Å². The monoisotopic (exact) mass is 405 g/mol. The van der Waals surface area contributed by atoms with E-state index >= 15 is 0 Å². The summed E-state index contributed by atoms with van der Waals surface area (Å²) in [5.74, 6) is 0.868. The van der Waals surface area contributed by atoms with Crippen molar-refractivity contribution < 1.29 is 4.79 Å². The van der Waals surface area contributed by atoms with Gasteiger partial charge >= 0.3 is 0 Å². The zero-order valence-corrected chi connectivity index (χ0v) is 18.2. The molecule has 1 heterocycles. The normalized spacial score (nSPS) is 12.6. The first-order chi connectivity index (χ1) is 13.8. The molecule has 3 aromatic rings. The van der Waals surface area contributed by atoms with Gasteiger partial charge in [0.25, 0.3) is 0 Å². The average Bonchev–Trinajstić information content (AvgIpc) is 3.10. The van der Waals surface area contributed by atoms with E-state index in [2.05, 4.69) is 37.5 Å². The molecule has 0 N–H and O–H groups in total. The van der Waals surface area contributed by atoms with Crippen LogP contribution in [0.3, 0.4) is 0 Å². The number of aromatic nitrogens is 3. The first-order valence-electron chi connectivity index (χ1n) is 9.72. The van der Waals surface area contributed by atoms with E-state index in [1.165, 1.54) is 17.3 Å². The van der Waals surface area contributed by atoms with Gasteiger partial charge in [0, 0.05) is 17.7 Å². The van der Waals surface area contributed by atoms with Crippen molar-refractivity contribution in [1.29, 1.82) is 0 Å². The zero-order chi connectivity index (χ0) is 21.0. The number of thioether (sulfide) groups is 1.